The number of halogens is 2. The summed E-state index contributed by atoms with van der Waals surface area (Å²) in [6.45, 7) is 3.11. The Morgan fingerprint density at radius 3 is 2.33 bits per heavy atom. The van der Waals surface area contributed by atoms with Crippen molar-refractivity contribution in [3.05, 3.63) is 30.1 Å². The zero-order valence-electron chi connectivity index (χ0n) is 15.8. The van der Waals surface area contributed by atoms with E-state index < -0.39 is 0 Å². The van der Waals surface area contributed by atoms with Gasteiger partial charge in [0.05, 0.1) is 0 Å². The van der Waals surface area contributed by atoms with Crippen LogP contribution in [0.2, 0.25) is 0 Å². The maximum atomic E-state index is 12.4. The second kappa shape index (κ2) is 10.6. The predicted octanol–water partition coefficient (Wildman–Crippen LogP) is 2.93. The lowest BCUT2D eigenvalue weighted by Gasteiger charge is -2.33. The van der Waals surface area contributed by atoms with Crippen LogP contribution < -0.4 is 10.6 Å². The number of rotatable bonds is 5. The fourth-order valence-electron chi connectivity index (χ4n) is 4.87. The number of likely N-dealkylation sites (tertiary alicyclic amines) is 1. The monoisotopic (exact) mass is 414 g/mol. The van der Waals surface area contributed by atoms with Crippen molar-refractivity contribution in [3.63, 3.8) is 0 Å². The number of amides is 1. The van der Waals surface area contributed by atoms with Crippen LogP contribution in [0.5, 0.6) is 0 Å². The molecule has 152 valence electrons. The molecule has 7 heteroatoms. The molecule has 0 radical (unpaired) electrons. The van der Waals surface area contributed by atoms with Crippen LogP contribution in [0, 0.1) is 5.92 Å². The summed E-state index contributed by atoms with van der Waals surface area (Å²) in [5, 5.41) is 6.96. The van der Waals surface area contributed by atoms with Crippen molar-refractivity contribution in [3.8, 4) is 0 Å². The van der Waals surface area contributed by atoms with E-state index in [2.05, 4.69) is 32.7 Å². The molecule has 4 heterocycles. The smallest absolute Gasteiger partial charge is 0.220 e. The maximum Gasteiger partial charge on any atom is 0.220 e. The maximum absolute atomic E-state index is 12.4. The van der Waals surface area contributed by atoms with Gasteiger partial charge in [0.1, 0.15) is 0 Å². The first-order valence-electron chi connectivity index (χ1n) is 9.91. The predicted molar refractivity (Wildman–Crippen MR) is 112 cm³/mol. The lowest BCUT2D eigenvalue weighted by Crippen LogP contribution is -2.45. The Morgan fingerprint density at radius 1 is 1.07 bits per heavy atom. The summed E-state index contributed by atoms with van der Waals surface area (Å²) in [5.74, 6) is 0.865. The van der Waals surface area contributed by atoms with Gasteiger partial charge >= 0.3 is 0 Å². The van der Waals surface area contributed by atoms with Crippen LogP contribution >= 0.6 is 24.8 Å². The second-order valence-electron chi connectivity index (χ2n) is 8.15. The quantitative estimate of drug-likeness (QED) is 0.777. The fourth-order valence-corrected chi connectivity index (χ4v) is 4.87. The first-order chi connectivity index (χ1) is 12.2. The molecule has 3 aliphatic rings. The average molecular weight is 415 g/mol. The number of pyridine rings is 1. The molecule has 1 amide bonds. The summed E-state index contributed by atoms with van der Waals surface area (Å²) >= 11 is 0. The number of nitrogens with one attached hydrogen (secondary N) is 2. The number of carbonyl (C=O) groups is 1. The Balaban J connectivity index is 0.00000131. The van der Waals surface area contributed by atoms with Gasteiger partial charge in [0.25, 0.3) is 0 Å². The number of piperidine rings is 2. The molecular formula is C20H32Cl2N4O. The Morgan fingerprint density at radius 2 is 1.70 bits per heavy atom. The van der Waals surface area contributed by atoms with E-state index in [1.807, 2.05) is 12.4 Å². The zero-order valence-corrected chi connectivity index (χ0v) is 17.4. The van der Waals surface area contributed by atoms with Gasteiger partial charge in [0.2, 0.25) is 5.91 Å². The number of carbonyl (C=O) groups excluding carboxylic acids is 1. The molecule has 5 nitrogen and oxygen atoms in total. The lowest BCUT2D eigenvalue weighted by atomic mass is 9.89. The molecule has 3 aliphatic heterocycles. The molecule has 0 aliphatic carbocycles. The Bertz CT molecular complexity index is 569. The summed E-state index contributed by atoms with van der Waals surface area (Å²) < 4.78 is 0. The highest BCUT2D eigenvalue weighted by Crippen LogP contribution is 2.32. The third kappa shape index (κ3) is 6.31. The van der Waals surface area contributed by atoms with Crippen LogP contribution in [0.1, 0.15) is 50.5 Å². The topological polar surface area (TPSA) is 57.3 Å². The highest BCUT2D eigenvalue weighted by Gasteiger charge is 2.34. The Kier molecular flexibility index (Phi) is 8.80. The molecule has 2 bridgehead atoms. The van der Waals surface area contributed by atoms with Gasteiger partial charge < -0.3 is 10.6 Å². The van der Waals surface area contributed by atoms with E-state index in [1.165, 1.54) is 31.2 Å². The van der Waals surface area contributed by atoms with E-state index in [1.54, 1.807) is 0 Å². The van der Waals surface area contributed by atoms with E-state index in [-0.39, 0.29) is 30.7 Å². The van der Waals surface area contributed by atoms with Crippen molar-refractivity contribution in [2.45, 2.75) is 69.6 Å². The van der Waals surface area contributed by atoms with Gasteiger partial charge in [-0.2, -0.15) is 0 Å². The third-order valence-corrected chi connectivity index (χ3v) is 6.15. The summed E-state index contributed by atoms with van der Waals surface area (Å²) in [6, 6.07) is 5.88. The van der Waals surface area contributed by atoms with Crippen LogP contribution in [-0.4, -0.2) is 47.0 Å². The molecule has 2 atom stereocenters. The van der Waals surface area contributed by atoms with Gasteiger partial charge in [-0.05, 0) is 62.1 Å². The molecule has 3 fully saturated rings. The van der Waals surface area contributed by atoms with Crippen molar-refractivity contribution >= 4 is 30.7 Å². The minimum absolute atomic E-state index is 0. The first-order valence-corrected chi connectivity index (χ1v) is 9.91. The number of aromatic nitrogens is 1. The van der Waals surface area contributed by atoms with E-state index >= 15 is 0 Å². The van der Waals surface area contributed by atoms with E-state index in [0.29, 0.717) is 24.0 Å². The highest BCUT2D eigenvalue weighted by atomic mass is 35.5. The summed E-state index contributed by atoms with van der Waals surface area (Å²) in [4.78, 5) is 19.0. The van der Waals surface area contributed by atoms with E-state index in [9.17, 15) is 4.79 Å². The van der Waals surface area contributed by atoms with Gasteiger partial charge in [-0.25, -0.2) is 0 Å². The fraction of sp³-hybridized carbons (Fsp3) is 0.700. The van der Waals surface area contributed by atoms with Crippen LogP contribution in [0.3, 0.4) is 0 Å². The molecule has 0 saturated carbocycles. The van der Waals surface area contributed by atoms with Crippen LogP contribution in [0.15, 0.2) is 24.5 Å². The summed E-state index contributed by atoms with van der Waals surface area (Å²) in [5.41, 5.74) is 1.32. The zero-order chi connectivity index (χ0) is 17.1. The van der Waals surface area contributed by atoms with E-state index in [0.717, 1.165) is 38.9 Å². The minimum atomic E-state index is 0. The molecule has 1 aromatic rings. The summed E-state index contributed by atoms with van der Waals surface area (Å²) in [7, 11) is 0. The van der Waals surface area contributed by atoms with Crippen molar-refractivity contribution < 1.29 is 4.79 Å². The van der Waals surface area contributed by atoms with Crippen LogP contribution in [0.25, 0.3) is 0 Å². The summed E-state index contributed by atoms with van der Waals surface area (Å²) in [6.07, 6.45) is 11.6. The molecule has 0 spiro atoms. The molecule has 3 saturated heterocycles. The van der Waals surface area contributed by atoms with Gasteiger partial charge in [0, 0.05) is 56.6 Å². The van der Waals surface area contributed by atoms with Crippen molar-refractivity contribution in [2.24, 2.45) is 5.92 Å². The normalized spacial score (nSPS) is 28.1. The number of hydrogen-bond donors (Lipinski definition) is 2. The number of hydrogen-bond acceptors (Lipinski definition) is 4. The molecule has 0 aromatic carbocycles. The van der Waals surface area contributed by atoms with E-state index in [4.69, 9.17) is 0 Å². The average Bonchev–Trinajstić information content (AvgIpc) is 2.96. The SMILES string of the molecule is Cl.Cl.O=C(CC1CC2CCC(C1)N2)NC1CCN(Cc2ccncc2)CC1. The largest absolute Gasteiger partial charge is 0.353 e. The van der Waals surface area contributed by atoms with Gasteiger partial charge in [-0.15, -0.1) is 24.8 Å². The molecule has 2 N–H and O–H groups in total. The molecule has 27 heavy (non-hydrogen) atoms. The van der Waals surface area contributed by atoms with Gasteiger partial charge in [-0.3, -0.25) is 14.7 Å². The minimum Gasteiger partial charge on any atom is -0.353 e. The van der Waals surface area contributed by atoms with Crippen molar-refractivity contribution in [1.82, 2.24) is 20.5 Å². The van der Waals surface area contributed by atoms with Crippen molar-refractivity contribution in [1.29, 1.82) is 0 Å². The molecule has 2 unspecified atom stereocenters. The lowest BCUT2D eigenvalue weighted by molar-refractivity contribution is -0.123. The first kappa shape index (κ1) is 22.4. The standard InChI is InChI=1S/C20H30N4O.2ClH/c25-20(13-16-11-18-1-2-19(12-16)22-18)23-17-5-9-24(10-6-17)14-15-3-7-21-8-4-15;;/h3-4,7-8,16-19,22H,1-2,5-6,9-14H2,(H,23,25);2*1H. The molecule has 1 aromatic heterocycles. The van der Waals surface area contributed by atoms with Crippen molar-refractivity contribution in [2.75, 3.05) is 13.1 Å². The Labute approximate surface area is 174 Å². The second-order valence-corrected chi connectivity index (χ2v) is 8.15. The molecular weight excluding hydrogens is 383 g/mol. The van der Waals surface area contributed by atoms with Gasteiger partial charge in [-0.1, -0.05) is 0 Å². The highest BCUT2D eigenvalue weighted by molar-refractivity contribution is 5.85. The Hall–Kier alpha value is -0.880. The molecule has 4 rings (SSSR count). The van der Waals surface area contributed by atoms with Gasteiger partial charge in [0.15, 0.2) is 0 Å². The van der Waals surface area contributed by atoms with Crippen LogP contribution in [0.4, 0.5) is 0 Å². The number of fused-ring (bicyclic) bond motifs is 2. The number of nitrogens with zero attached hydrogens (tertiary/aromatic N) is 2. The third-order valence-electron chi connectivity index (χ3n) is 6.15. The van der Waals surface area contributed by atoms with Crippen LogP contribution in [-0.2, 0) is 11.3 Å².